The fourth-order valence-corrected chi connectivity index (χ4v) is 2.61. The van der Waals surface area contributed by atoms with Crippen LogP contribution >= 0.6 is 0 Å². The first-order valence-corrected chi connectivity index (χ1v) is 7.76. The molecule has 6 heteroatoms. The Balaban J connectivity index is 2.31. The first-order valence-electron chi connectivity index (χ1n) is 7.76. The van der Waals surface area contributed by atoms with Crippen LogP contribution in [0.3, 0.4) is 0 Å². The summed E-state index contributed by atoms with van der Waals surface area (Å²) in [6.45, 7) is 1.88. The SMILES string of the molecule is COc1ccc(C(=O)NC(CC(=O)O)c2ccccc2C)c(OC)c1. The number of hydrogen-bond donors (Lipinski definition) is 2. The maximum absolute atomic E-state index is 12.7. The molecule has 0 spiro atoms. The van der Waals surface area contributed by atoms with Crippen LogP contribution in [-0.4, -0.2) is 31.2 Å². The molecule has 0 saturated heterocycles. The van der Waals surface area contributed by atoms with E-state index in [0.717, 1.165) is 11.1 Å². The van der Waals surface area contributed by atoms with Crippen molar-refractivity contribution in [3.63, 3.8) is 0 Å². The highest BCUT2D eigenvalue weighted by Crippen LogP contribution is 2.26. The highest BCUT2D eigenvalue weighted by molar-refractivity contribution is 5.97. The lowest BCUT2D eigenvalue weighted by Crippen LogP contribution is -2.31. The van der Waals surface area contributed by atoms with Crippen LogP contribution in [0.15, 0.2) is 42.5 Å². The number of aliphatic carboxylic acids is 1. The van der Waals surface area contributed by atoms with Crippen molar-refractivity contribution in [3.8, 4) is 11.5 Å². The van der Waals surface area contributed by atoms with Gasteiger partial charge in [-0.05, 0) is 30.2 Å². The average molecular weight is 343 g/mol. The van der Waals surface area contributed by atoms with E-state index in [1.165, 1.54) is 14.2 Å². The van der Waals surface area contributed by atoms with E-state index in [4.69, 9.17) is 9.47 Å². The molecule has 0 fully saturated rings. The van der Waals surface area contributed by atoms with Gasteiger partial charge >= 0.3 is 5.97 Å². The van der Waals surface area contributed by atoms with Crippen molar-refractivity contribution in [3.05, 3.63) is 59.2 Å². The Labute approximate surface area is 146 Å². The molecule has 0 aliphatic rings. The molecule has 1 atom stereocenters. The summed E-state index contributed by atoms with van der Waals surface area (Å²) in [7, 11) is 2.98. The van der Waals surface area contributed by atoms with Crippen molar-refractivity contribution in [2.75, 3.05) is 14.2 Å². The Bertz CT molecular complexity index is 772. The molecule has 2 rings (SSSR count). The summed E-state index contributed by atoms with van der Waals surface area (Å²) in [5, 5.41) is 12.0. The molecule has 2 aromatic carbocycles. The summed E-state index contributed by atoms with van der Waals surface area (Å²) in [4.78, 5) is 23.9. The minimum Gasteiger partial charge on any atom is -0.497 e. The van der Waals surface area contributed by atoms with Crippen LogP contribution in [0.5, 0.6) is 11.5 Å². The van der Waals surface area contributed by atoms with Gasteiger partial charge in [0.25, 0.3) is 5.91 Å². The lowest BCUT2D eigenvalue weighted by molar-refractivity contribution is -0.137. The van der Waals surface area contributed by atoms with Crippen LogP contribution in [0.1, 0.15) is 33.9 Å². The number of ether oxygens (including phenoxy) is 2. The average Bonchev–Trinajstić information content (AvgIpc) is 2.60. The highest BCUT2D eigenvalue weighted by atomic mass is 16.5. The van der Waals surface area contributed by atoms with Gasteiger partial charge < -0.3 is 19.9 Å². The molecule has 0 aliphatic heterocycles. The Hall–Kier alpha value is -3.02. The summed E-state index contributed by atoms with van der Waals surface area (Å²) in [6, 6.07) is 11.6. The zero-order chi connectivity index (χ0) is 18.4. The number of methoxy groups -OCH3 is 2. The van der Waals surface area contributed by atoms with Crippen LogP contribution in [-0.2, 0) is 4.79 Å². The van der Waals surface area contributed by atoms with E-state index >= 15 is 0 Å². The highest BCUT2D eigenvalue weighted by Gasteiger charge is 2.22. The van der Waals surface area contributed by atoms with Crippen LogP contribution in [0.25, 0.3) is 0 Å². The van der Waals surface area contributed by atoms with Gasteiger partial charge in [-0.25, -0.2) is 0 Å². The first-order chi connectivity index (χ1) is 12.0. The van der Waals surface area contributed by atoms with Crippen molar-refractivity contribution in [1.29, 1.82) is 0 Å². The van der Waals surface area contributed by atoms with E-state index in [-0.39, 0.29) is 6.42 Å². The molecule has 0 aromatic heterocycles. The second kappa shape index (κ2) is 8.19. The molecular weight excluding hydrogens is 322 g/mol. The first kappa shape index (κ1) is 18.3. The third kappa shape index (κ3) is 4.50. The molecule has 0 radical (unpaired) electrons. The number of carboxylic acid groups (broad SMARTS) is 1. The fraction of sp³-hybridized carbons (Fsp3) is 0.263. The van der Waals surface area contributed by atoms with E-state index in [1.807, 2.05) is 31.2 Å². The predicted molar refractivity (Wildman–Crippen MR) is 93.2 cm³/mol. The lowest BCUT2D eigenvalue weighted by atomic mass is 9.98. The number of amides is 1. The summed E-state index contributed by atoms with van der Waals surface area (Å²) in [5.41, 5.74) is 1.99. The van der Waals surface area contributed by atoms with Crippen molar-refractivity contribution in [1.82, 2.24) is 5.32 Å². The number of aryl methyl sites for hydroxylation is 1. The van der Waals surface area contributed by atoms with Gasteiger partial charge in [0.15, 0.2) is 0 Å². The summed E-state index contributed by atoms with van der Waals surface area (Å²) >= 11 is 0. The van der Waals surface area contributed by atoms with Gasteiger partial charge in [0, 0.05) is 6.07 Å². The van der Waals surface area contributed by atoms with Crippen molar-refractivity contribution in [2.45, 2.75) is 19.4 Å². The molecule has 1 amide bonds. The Morgan fingerprint density at radius 3 is 2.44 bits per heavy atom. The molecule has 0 aliphatic carbocycles. The van der Waals surface area contributed by atoms with Gasteiger partial charge in [-0.15, -0.1) is 0 Å². The second-order valence-electron chi connectivity index (χ2n) is 5.55. The normalized spacial score (nSPS) is 11.5. The predicted octanol–water partition coefficient (Wildman–Crippen LogP) is 2.96. The van der Waals surface area contributed by atoms with Gasteiger partial charge in [-0.1, -0.05) is 24.3 Å². The molecule has 25 heavy (non-hydrogen) atoms. The molecule has 1 unspecified atom stereocenters. The Morgan fingerprint density at radius 1 is 1.12 bits per heavy atom. The summed E-state index contributed by atoms with van der Waals surface area (Å²) in [6.07, 6.45) is -0.213. The van der Waals surface area contributed by atoms with E-state index in [0.29, 0.717) is 17.1 Å². The number of hydrogen-bond acceptors (Lipinski definition) is 4. The number of rotatable bonds is 7. The van der Waals surface area contributed by atoms with E-state index in [9.17, 15) is 14.7 Å². The second-order valence-corrected chi connectivity index (χ2v) is 5.55. The largest absolute Gasteiger partial charge is 0.497 e. The monoisotopic (exact) mass is 343 g/mol. The van der Waals surface area contributed by atoms with Crippen LogP contribution in [0.4, 0.5) is 0 Å². The Morgan fingerprint density at radius 2 is 1.84 bits per heavy atom. The molecule has 0 saturated carbocycles. The fourth-order valence-electron chi connectivity index (χ4n) is 2.61. The van der Waals surface area contributed by atoms with Crippen molar-refractivity contribution < 1.29 is 24.2 Å². The van der Waals surface area contributed by atoms with Gasteiger partial charge in [-0.3, -0.25) is 9.59 Å². The molecular formula is C19H21NO5. The van der Waals surface area contributed by atoms with E-state index in [2.05, 4.69) is 5.32 Å². The summed E-state index contributed by atoms with van der Waals surface area (Å²) < 4.78 is 10.4. The lowest BCUT2D eigenvalue weighted by Gasteiger charge is -2.20. The van der Waals surface area contributed by atoms with Crippen LogP contribution in [0, 0.1) is 6.92 Å². The maximum atomic E-state index is 12.7. The third-order valence-electron chi connectivity index (χ3n) is 3.90. The molecule has 2 N–H and O–H groups in total. The standard InChI is InChI=1S/C19H21NO5/c1-12-6-4-5-7-14(12)16(11-18(21)22)20-19(23)15-9-8-13(24-2)10-17(15)25-3/h4-10,16H,11H2,1-3H3,(H,20,23)(H,21,22). The molecule has 0 bridgehead atoms. The topological polar surface area (TPSA) is 84.9 Å². The third-order valence-corrected chi connectivity index (χ3v) is 3.90. The number of carbonyl (C=O) groups is 2. The molecule has 6 nitrogen and oxygen atoms in total. The number of carbonyl (C=O) groups excluding carboxylic acids is 1. The summed E-state index contributed by atoms with van der Waals surface area (Å²) in [5.74, 6) is -0.477. The van der Waals surface area contributed by atoms with E-state index in [1.54, 1.807) is 18.2 Å². The maximum Gasteiger partial charge on any atom is 0.305 e. The van der Waals surface area contributed by atoms with Gasteiger partial charge in [0.1, 0.15) is 11.5 Å². The molecule has 0 heterocycles. The van der Waals surface area contributed by atoms with Crippen LogP contribution in [0.2, 0.25) is 0 Å². The minimum absolute atomic E-state index is 0.213. The molecule has 2 aromatic rings. The number of carboxylic acids is 1. The van der Waals surface area contributed by atoms with E-state index < -0.39 is 17.9 Å². The number of nitrogens with one attached hydrogen (secondary N) is 1. The smallest absolute Gasteiger partial charge is 0.305 e. The number of benzene rings is 2. The minimum atomic E-state index is -0.991. The van der Waals surface area contributed by atoms with Crippen LogP contribution < -0.4 is 14.8 Å². The molecule has 132 valence electrons. The quantitative estimate of drug-likeness (QED) is 0.807. The Kier molecular flexibility index (Phi) is 6.00. The van der Waals surface area contributed by atoms with Gasteiger partial charge in [0.2, 0.25) is 0 Å². The zero-order valence-corrected chi connectivity index (χ0v) is 14.4. The van der Waals surface area contributed by atoms with Gasteiger partial charge in [0.05, 0.1) is 32.2 Å². The van der Waals surface area contributed by atoms with Crippen molar-refractivity contribution >= 4 is 11.9 Å². The van der Waals surface area contributed by atoms with Gasteiger partial charge in [-0.2, -0.15) is 0 Å². The zero-order valence-electron chi connectivity index (χ0n) is 14.4. The van der Waals surface area contributed by atoms with Crippen molar-refractivity contribution in [2.24, 2.45) is 0 Å².